The third-order valence-electron chi connectivity index (χ3n) is 2.48. The van der Waals surface area contributed by atoms with Crippen LogP contribution in [0.3, 0.4) is 0 Å². The first-order valence-electron chi connectivity index (χ1n) is 5.90. The van der Waals surface area contributed by atoms with Crippen LogP contribution in [0.1, 0.15) is 50.8 Å². The van der Waals surface area contributed by atoms with Crippen molar-refractivity contribution in [2.45, 2.75) is 46.5 Å². The Bertz CT molecular complexity index is 309. The van der Waals surface area contributed by atoms with Crippen molar-refractivity contribution >= 4 is 5.57 Å². The molecule has 82 valence electrons. The fourth-order valence-corrected chi connectivity index (χ4v) is 1.61. The number of pyridine rings is 1. The standard InChI is InChI=1S/C14H21N/c1-4-6-8-13(7-5-2)14-10-9-12(3)15-11-14/h8-11H,4-7H2,1-3H3/b13-8+. The second-order valence-electron chi connectivity index (χ2n) is 3.96. The van der Waals surface area contributed by atoms with E-state index in [1.54, 1.807) is 0 Å². The summed E-state index contributed by atoms with van der Waals surface area (Å²) in [6.07, 6.45) is 9.09. The molecule has 0 bridgehead atoms. The maximum absolute atomic E-state index is 4.35. The summed E-state index contributed by atoms with van der Waals surface area (Å²) in [5, 5.41) is 0. The third-order valence-corrected chi connectivity index (χ3v) is 2.48. The van der Waals surface area contributed by atoms with Crippen molar-refractivity contribution in [2.24, 2.45) is 0 Å². The largest absolute Gasteiger partial charge is 0.261 e. The summed E-state index contributed by atoms with van der Waals surface area (Å²) in [6, 6.07) is 4.27. The Morgan fingerprint density at radius 1 is 1.27 bits per heavy atom. The highest BCUT2D eigenvalue weighted by molar-refractivity contribution is 5.64. The van der Waals surface area contributed by atoms with E-state index in [0.29, 0.717) is 0 Å². The van der Waals surface area contributed by atoms with Crippen LogP contribution in [0.5, 0.6) is 0 Å². The van der Waals surface area contributed by atoms with Crippen molar-refractivity contribution < 1.29 is 0 Å². The van der Waals surface area contributed by atoms with Gasteiger partial charge in [-0.3, -0.25) is 4.98 Å². The molecule has 0 unspecified atom stereocenters. The molecule has 15 heavy (non-hydrogen) atoms. The Hall–Kier alpha value is -1.11. The van der Waals surface area contributed by atoms with Crippen LogP contribution in [-0.2, 0) is 0 Å². The minimum atomic E-state index is 1.09. The van der Waals surface area contributed by atoms with Gasteiger partial charge in [-0.05, 0) is 37.0 Å². The predicted octanol–water partition coefficient (Wildman–Crippen LogP) is 4.37. The van der Waals surface area contributed by atoms with Crippen LogP contribution >= 0.6 is 0 Å². The van der Waals surface area contributed by atoms with Gasteiger partial charge in [0.15, 0.2) is 0 Å². The summed E-state index contributed by atoms with van der Waals surface area (Å²) < 4.78 is 0. The van der Waals surface area contributed by atoms with Crippen molar-refractivity contribution in [2.75, 3.05) is 0 Å². The summed E-state index contributed by atoms with van der Waals surface area (Å²) in [4.78, 5) is 4.35. The Balaban J connectivity index is 2.83. The van der Waals surface area contributed by atoms with E-state index in [9.17, 15) is 0 Å². The van der Waals surface area contributed by atoms with Gasteiger partial charge < -0.3 is 0 Å². The molecule has 0 N–H and O–H groups in total. The summed E-state index contributed by atoms with van der Waals surface area (Å²) >= 11 is 0. The maximum Gasteiger partial charge on any atom is 0.0373 e. The molecule has 0 saturated carbocycles. The maximum atomic E-state index is 4.35. The quantitative estimate of drug-likeness (QED) is 0.692. The normalized spacial score (nSPS) is 11.8. The number of allylic oxidation sites excluding steroid dienone is 2. The van der Waals surface area contributed by atoms with Gasteiger partial charge in [-0.15, -0.1) is 0 Å². The molecule has 0 aliphatic carbocycles. The average molecular weight is 203 g/mol. The molecule has 0 saturated heterocycles. The first-order chi connectivity index (χ1) is 7.27. The lowest BCUT2D eigenvalue weighted by molar-refractivity contribution is 0.931. The van der Waals surface area contributed by atoms with Crippen molar-refractivity contribution in [3.8, 4) is 0 Å². The van der Waals surface area contributed by atoms with Crippen LogP contribution in [0, 0.1) is 6.92 Å². The third kappa shape index (κ3) is 3.86. The lowest BCUT2D eigenvalue weighted by Gasteiger charge is -2.06. The van der Waals surface area contributed by atoms with Crippen molar-refractivity contribution in [3.63, 3.8) is 0 Å². The molecule has 1 nitrogen and oxygen atoms in total. The van der Waals surface area contributed by atoms with Gasteiger partial charge in [0.05, 0.1) is 0 Å². The smallest absolute Gasteiger partial charge is 0.0373 e. The monoisotopic (exact) mass is 203 g/mol. The lowest BCUT2D eigenvalue weighted by Crippen LogP contribution is -1.88. The first kappa shape index (κ1) is 12.0. The zero-order valence-corrected chi connectivity index (χ0v) is 10.1. The molecule has 1 heteroatoms. The summed E-state index contributed by atoms with van der Waals surface area (Å²) in [5.74, 6) is 0. The fourth-order valence-electron chi connectivity index (χ4n) is 1.61. The van der Waals surface area contributed by atoms with E-state index in [1.165, 1.54) is 30.4 Å². The molecule has 1 aromatic heterocycles. The summed E-state index contributed by atoms with van der Waals surface area (Å²) in [7, 11) is 0. The Morgan fingerprint density at radius 3 is 2.60 bits per heavy atom. The van der Waals surface area contributed by atoms with Crippen LogP contribution < -0.4 is 0 Å². The van der Waals surface area contributed by atoms with Gasteiger partial charge in [-0.1, -0.05) is 38.8 Å². The lowest BCUT2D eigenvalue weighted by atomic mass is 10.0. The molecular formula is C14H21N. The van der Waals surface area contributed by atoms with E-state index in [1.807, 2.05) is 13.1 Å². The molecule has 1 aromatic rings. The zero-order chi connectivity index (χ0) is 11.1. The molecule has 0 aromatic carbocycles. The minimum absolute atomic E-state index is 1.09. The second kappa shape index (κ2) is 6.39. The van der Waals surface area contributed by atoms with Gasteiger partial charge in [-0.25, -0.2) is 0 Å². The molecule has 0 amide bonds. The Labute approximate surface area is 93.2 Å². The number of aromatic nitrogens is 1. The van der Waals surface area contributed by atoms with E-state index in [0.717, 1.165) is 12.1 Å². The number of hydrogen-bond donors (Lipinski definition) is 0. The van der Waals surface area contributed by atoms with Gasteiger partial charge in [0, 0.05) is 11.9 Å². The highest BCUT2D eigenvalue weighted by Gasteiger charge is 2.00. The van der Waals surface area contributed by atoms with E-state index >= 15 is 0 Å². The van der Waals surface area contributed by atoms with Crippen LogP contribution in [-0.4, -0.2) is 4.98 Å². The average Bonchev–Trinajstić information content (AvgIpc) is 2.25. The number of hydrogen-bond acceptors (Lipinski definition) is 1. The Morgan fingerprint density at radius 2 is 2.07 bits per heavy atom. The van der Waals surface area contributed by atoms with Crippen LogP contribution in [0.4, 0.5) is 0 Å². The summed E-state index contributed by atoms with van der Waals surface area (Å²) in [6.45, 7) is 6.47. The van der Waals surface area contributed by atoms with E-state index in [-0.39, 0.29) is 0 Å². The van der Waals surface area contributed by atoms with Crippen molar-refractivity contribution in [1.29, 1.82) is 0 Å². The van der Waals surface area contributed by atoms with Gasteiger partial charge >= 0.3 is 0 Å². The predicted molar refractivity (Wildman–Crippen MR) is 66.8 cm³/mol. The molecule has 0 aliphatic heterocycles. The number of rotatable bonds is 5. The minimum Gasteiger partial charge on any atom is -0.261 e. The van der Waals surface area contributed by atoms with Crippen LogP contribution in [0.25, 0.3) is 5.57 Å². The number of unbranched alkanes of at least 4 members (excludes halogenated alkanes) is 1. The SMILES string of the molecule is CCC/C=C(\CCC)c1ccc(C)nc1. The molecule has 0 radical (unpaired) electrons. The van der Waals surface area contributed by atoms with E-state index in [4.69, 9.17) is 0 Å². The highest BCUT2D eigenvalue weighted by atomic mass is 14.7. The molecular weight excluding hydrogens is 182 g/mol. The van der Waals surface area contributed by atoms with Gasteiger partial charge in [0.25, 0.3) is 0 Å². The van der Waals surface area contributed by atoms with E-state index in [2.05, 4.69) is 37.0 Å². The van der Waals surface area contributed by atoms with Gasteiger partial charge in [0.1, 0.15) is 0 Å². The molecule has 0 fully saturated rings. The van der Waals surface area contributed by atoms with Gasteiger partial charge in [0.2, 0.25) is 0 Å². The first-order valence-corrected chi connectivity index (χ1v) is 5.90. The number of nitrogens with zero attached hydrogens (tertiary/aromatic N) is 1. The molecule has 0 atom stereocenters. The zero-order valence-electron chi connectivity index (χ0n) is 10.1. The van der Waals surface area contributed by atoms with Crippen LogP contribution in [0.2, 0.25) is 0 Å². The highest BCUT2D eigenvalue weighted by Crippen LogP contribution is 2.20. The van der Waals surface area contributed by atoms with Crippen molar-refractivity contribution in [1.82, 2.24) is 4.98 Å². The second-order valence-corrected chi connectivity index (χ2v) is 3.96. The fraction of sp³-hybridized carbons (Fsp3) is 0.500. The number of aryl methyl sites for hydroxylation is 1. The van der Waals surface area contributed by atoms with Crippen molar-refractivity contribution in [3.05, 3.63) is 35.7 Å². The Kier molecular flexibility index (Phi) is 5.09. The molecule has 0 spiro atoms. The van der Waals surface area contributed by atoms with Gasteiger partial charge in [-0.2, -0.15) is 0 Å². The molecule has 1 heterocycles. The van der Waals surface area contributed by atoms with E-state index < -0.39 is 0 Å². The summed E-state index contributed by atoms with van der Waals surface area (Å²) in [5.41, 5.74) is 3.83. The molecule has 1 rings (SSSR count). The van der Waals surface area contributed by atoms with Crippen LogP contribution in [0.15, 0.2) is 24.4 Å². The molecule has 0 aliphatic rings. The topological polar surface area (TPSA) is 12.9 Å².